The van der Waals surface area contributed by atoms with Crippen molar-refractivity contribution in [1.29, 1.82) is 0 Å². The minimum absolute atomic E-state index is 0.0878. The van der Waals surface area contributed by atoms with E-state index >= 15 is 0 Å². The van der Waals surface area contributed by atoms with Gasteiger partial charge in [-0.2, -0.15) is 0 Å². The molecule has 0 radical (unpaired) electrons. The highest BCUT2D eigenvalue weighted by Crippen LogP contribution is 2.32. The summed E-state index contributed by atoms with van der Waals surface area (Å²) in [7, 11) is 1.36. The Morgan fingerprint density at radius 3 is 2.65 bits per heavy atom. The lowest BCUT2D eigenvalue weighted by Gasteiger charge is -2.32. The first kappa shape index (κ1) is 23.3. The summed E-state index contributed by atoms with van der Waals surface area (Å²) in [4.78, 5) is 33.6. The van der Waals surface area contributed by atoms with Gasteiger partial charge in [0.1, 0.15) is 12.0 Å². The fourth-order valence-corrected chi connectivity index (χ4v) is 4.25. The first-order chi connectivity index (χ1) is 15.0. The van der Waals surface area contributed by atoms with Gasteiger partial charge in [0.2, 0.25) is 5.91 Å². The topological polar surface area (TPSA) is 74.2 Å². The minimum Gasteiger partial charge on any atom is -0.465 e. The SMILES string of the molecule is CCCN(CCC)C(=O)CNC1C(C2C=CC(Cl)=CC2)N=C2C=C(C(=O)OC)C=CN21. The fraction of sp³-hybridized carbons (Fsp3) is 0.522. The minimum atomic E-state index is -0.399. The second-order valence-electron chi connectivity index (χ2n) is 7.85. The Bertz CT molecular complexity index is 840. The largest absolute Gasteiger partial charge is 0.465 e. The molecule has 0 aromatic heterocycles. The van der Waals surface area contributed by atoms with Crippen molar-refractivity contribution >= 4 is 29.3 Å². The maximum Gasteiger partial charge on any atom is 0.338 e. The highest BCUT2D eigenvalue weighted by Gasteiger charge is 2.40. The van der Waals surface area contributed by atoms with Crippen molar-refractivity contribution < 1.29 is 14.3 Å². The number of esters is 1. The molecule has 0 spiro atoms. The number of rotatable bonds is 9. The summed E-state index contributed by atoms with van der Waals surface area (Å²) in [6.07, 6.45) is 13.7. The van der Waals surface area contributed by atoms with Crippen LogP contribution in [0.15, 0.2) is 52.2 Å². The van der Waals surface area contributed by atoms with Crippen LogP contribution in [-0.2, 0) is 14.3 Å². The predicted molar refractivity (Wildman–Crippen MR) is 122 cm³/mol. The molecule has 7 nitrogen and oxygen atoms in total. The number of methoxy groups -OCH3 is 1. The van der Waals surface area contributed by atoms with Gasteiger partial charge in [-0.25, -0.2) is 4.79 Å². The Hall–Kier alpha value is -2.38. The lowest BCUT2D eigenvalue weighted by atomic mass is 9.91. The van der Waals surface area contributed by atoms with Crippen molar-refractivity contribution in [2.75, 3.05) is 26.7 Å². The summed E-state index contributed by atoms with van der Waals surface area (Å²) in [5.74, 6) is 0.512. The predicted octanol–water partition coefficient (Wildman–Crippen LogP) is 2.96. The summed E-state index contributed by atoms with van der Waals surface area (Å²) in [6, 6.07) is -0.122. The molecule has 3 atom stereocenters. The fourth-order valence-electron chi connectivity index (χ4n) is 4.09. The van der Waals surface area contributed by atoms with Gasteiger partial charge in [-0.15, -0.1) is 0 Å². The van der Waals surface area contributed by atoms with Crippen LogP contribution >= 0.6 is 11.6 Å². The zero-order valence-corrected chi connectivity index (χ0v) is 19.1. The molecule has 31 heavy (non-hydrogen) atoms. The van der Waals surface area contributed by atoms with E-state index in [1.807, 2.05) is 28.2 Å². The molecule has 168 valence electrons. The summed E-state index contributed by atoms with van der Waals surface area (Å²) in [5.41, 5.74) is 0.451. The molecule has 0 bridgehead atoms. The molecule has 1 N–H and O–H groups in total. The third-order valence-corrected chi connectivity index (χ3v) is 5.90. The molecule has 2 aliphatic heterocycles. The summed E-state index contributed by atoms with van der Waals surface area (Å²) in [5, 5.41) is 4.15. The third kappa shape index (κ3) is 5.46. The number of allylic oxidation sites excluding steroid dienone is 3. The van der Waals surface area contributed by atoms with Crippen LogP contribution in [-0.4, -0.2) is 66.5 Å². The van der Waals surface area contributed by atoms with E-state index in [2.05, 4.69) is 25.2 Å². The average Bonchev–Trinajstić information content (AvgIpc) is 3.14. The quantitative estimate of drug-likeness (QED) is 0.551. The number of amidine groups is 1. The molecule has 3 aliphatic rings. The van der Waals surface area contributed by atoms with Crippen molar-refractivity contribution in [3.63, 3.8) is 0 Å². The molecule has 0 saturated heterocycles. The highest BCUT2D eigenvalue weighted by atomic mass is 35.5. The smallest absolute Gasteiger partial charge is 0.338 e. The Labute approximate surface area is 189 Å². The van der Waals surface area contributed by atoms with Crippen molar-refractivity contribution in [3.8, 4) is 0 Å². The molecule has 0 saturated carbocycles. The van der Waals surface area contributed by atoms with Gasteiger partial charge in [0.15, 0.2) is 0 Å². The van der Waals surface area contributed by atoms with Crippen LogP contribution in [0.2, 0.25) is 0 Å². The van der Waals surface area contributed by atoms with Gasteiger partial charge in [0, 0.05) is 30.2 Å². The summed E-state index contributed by atoms with van der Waals surface area (Å²) < 4.78 is 4.84. The van der Waals surface area contributed by atoms with Crippen LogP contribution in [0.25, 0.3) is 0 Å². The Morgan fingerprint density at radius 2 is 2.03 bits per heavy atom. The molecule has 2 heterocycles. The number of carbonyl (C=O) groups excluding carboxylic acids is 2. The Kier molecular flexibility index (Phi) is 8.09. The molecule has 1 aliphatic carbocycles. The van der Waals surface area contributed by atoms with Gasteiger partial charge in [0.05, 0.1) is 25.3 Å². The first-order valence-electron chi connectivity index (χ1n) is 10.9. The van der Waals surface area contributed by atoms with Crippen LogP contribution in [0.4, 0.5) is 0 Å². The van der Waals surface area contributed by atoms with Crippen LogP contribution in [0.5, 0.6) is 0 Å². The Morgan fingerprint density at radius 1 is 1.29 bits per heavy atom. The van der Waals surface area contributed by atoms with Gasteiger partial charge in [-0.1, -0.05) is 37.6 Å². The molecule has 1 amide bonds. The Balaban J connectivity index is 1.78. The molecular formula is C23H31ClN4O3. The van der Waals surface area contributed by atoms with Crippen LogP contribution in [0.1, 0.15) is 33.1 Å². The molecule has 8 heteroatoms. The summed E-state index contributed by atoms with van der Waals surface area (Å²) in [6.45, 7) is 5.90. The number of aliphatic imine (C=N–C) groups is 1. The van der Waals surface area contributed by atoms with Crippen molar-refractivity contribution in [2.45, 2.75) is 45.3 Å². The van der Waals surface area contributed by atoms with E-state index in [1.165, 1.54) is 7.11 Å². The van der Waals surface area contributed by atoms with E-state index in [0.717, 1.165) is 37.4 Å². The van der Waals surface area contributed by atoms with E-state index in [-0.39, 0.29) is 30.6 Å². The maximum absolute atomic E-state index is 12.8. The van der Waals surface area contributed by atoms with Crippen LogP contribution in [0.3, 0.4) is 0 Å². The van der Waals surface area contributed by atoms with Crippen molar-refractivity contribution in [1.82, 2.24) is 15.1 Å². The van der Waals surface area contributed by atoms with Gasteiger partial charge in [0.25, 0.3) is 0 Å². The molecule has 0 aromatic rings. The summed E-state index contributed by atoms with van der Waals surface area (Å²) >= 11 is 6.10. The number of halogens is 1. The normalized spacial score (nSPS) is 24.3. The van der Waals surface area contributed by atoms with Gasteiger partial charge >= 0.3 is 5.97 Å². The molecule has 3 unspecified atom stereocenters. The number of fused-ring (bicyclic) bond motifs is 1. The standard InChI is InChI=1S/C23H31ClN4O3/c1-4-11-27(12-5-2)20(29)15-25-22-21(16-6-8-18(24)9-7-16)26-19-14-17(23(30)31-3)10-13-28(19)22/h6,8-10,13-14,16,21-22,25H,4-5,7,11-12,15H2,1-3H3. The second kappa shape index (κ2) is 10.8. The highest BCUT2D eigenvalue weighted by molar-refractivity contribution is 6.31. The number of carbonyl (C=O) groups is 2. The van der Waals surface area contributed by atoms with E-state index in [1.54, 1.807) is 12.2 Å². The van der Waals surface area contributed by atoms with Crippen molar-refractivity contribution in [3.05, 3.63) is 47.2 Å². The maximum atomic E-state index is 12.8. The van der Waals surface area contributed by atoms with E-state index in [4.69, 9.17) is 21.3 Å². The zero-order valence-electron chi connectivity index (χ0n) is 18.4. The molecule has 0 aromatic carbocycles. The van der Waals surface area contributed by atoms with E-state index in [0.29, 0.717) is 11.4 Å². The van der Waals surface area contributed by atoms with Gasteiger partial charge in [-0.3, -0.25) is 15.1 Å². The number of hydrogen-bond donors (Lipinski definition) is 1. The molecular weight excluding hydrogens is 416 g/mol. The number of hydrogen-bond acceptors (Lipinski definition) is 6. The first-order valence-corrected chi connectivity index (χ1v) is 11.3. The number of nitrogens with one attached hydrogen (secondary N) is 1. The second-order valence-corrected chi connectivity index (χ2v) is 8.28. The monoisotopic (exact) mass is 446 g/mol. The van der Waals surface area contributed by atoms with Crippen LogP contribution < -0.4 is 5.32 Å². The van der Waals surface area contributed by atoms with Gasteiger partial charge in [-0.05, 0) is 37.5 Å². The van der Waals surface area contributed by atoms with Crippen molar-refractivity contribution in [2.24, 2.45) is 10.9 Å². The molecule has 0 fully saturated rings. The number of ether oxygens (including phenoxy) is 1. The lowest BCUT2D eigenvalue weighted by molar-refractivity contribution is -0.135. The number of nitrogens with zero attached hydrogens (tertiary/aromatic N) is 3. The zero-order chi connectivity index (χ0) is 22.4. The van der Waals surface area contributed by atoms with Gasteiger partial charge < -0.3 is 14.5 Å². The third-order valence-electron chi connectivity index (χ3n) is 5.62. The molecule has 3 rings (SSSR count). The lowest BCUT2D eigenvalue weighted by Crippen LogP contribution is -2.52. The van der Waals surface area contributed by atoms with E-state index in [9.17, 15) is 9.59 Å². The van der Waals surface area contributed by atoms with E-state index < -0.39 is 5.97 Å². The van der Waals surface area contributed by atoms with Crippen LogP contribution in [0, 0.1) is 5.92 Å². The average molecular weight is 447 g/mol. The number of amides is 1.